The average Bonchev–Trinajstić information content (AvgIpc) is 2.72. The Morgan fingerprint density at radius 3 is 2.89 bits per heavy atom. The Morgan fingerprint density at radius 2 is 2.22 bits per heavy atom. The summed E-state index contributed by atoms with van der Waals surface area (Å²) in [5.41, 5.74) is 0.510. The zero-order chi connectivity index (χ0) is 13.1. The van der Waals surface area contributed by atoms with Crippen molar-refractivity contribution in [1.82, 2.24) is 5.32 Å². The second kappa shape index (κ2) is 5.08. The number of hydrogen-bond acceptors (Lipinski definition) is 4. The first-order valence-corrected chi connectivity index (χ1v) is 5.94. The molecule has 96 valence electrons. The molecule has 0 saturated carbocycles. The van der Waals surface area contributed by atoms with E-state index in [2.05, 4.69) is 10.3 Å². The number of likely N-dealkylation sites (N-methyl/N-ethyl adjacent to an activating group) is 1. The minimum Gasteiger partial charge on any atom is -0.507 e. The highest BCUT2D eigenvalue weighted by Crippen LogP contribution is 2.23. The van der Waals surface area contributed by atoms with Crippen LogP contribution in [0.4, 0.5) is 0 Å². The van der Waals surface area contributed by atoms with Crippen molar-refractivity contribution in [1.29, 1.82) is 0 Å². The van der Waals surface area contributed by atoms with E-state index in [0.717, 1.165) is 0 Å². The molecule has 1 heterocycles. The average molecular weight is 248 g/mol. The summed E-state index contributed by atoms with van der Waals surface area (Å²) < 4.78 is 5.54. The lowest BCUT2D eigenvalue weighted by Crippen LogP contribution is -2.38. The number of aliphatic imine (C=N–C) groups is 1. The third-order valence-corrected chi connectivity index (χ3v) is 2.75. The SMILES string of the molecule is CCNC(=O)C1N=C(c2ccccc2O)OC1C. The standard InChI is InChI=1S/C13H16N2O3/c1-3-14-12(17)11-8(2)18-13(15-11)9-6-4-5-7-10(9)16/h4-8,11,16H,3H2,1-2H3,(H,14,17). The van der Waals surface area contributed by atoms with Crippen LogP contribution in [0.1, 0.15) is 19.4 Å². The number of rotatable bonds is 3. The lowest BCUT2D eigenvalue weighted by molar-refractivity contribution is -0.123. The van der Waals surface area contributed by atoms with Gasteiger partial charge in [-0.25, -0.2) is 4.99 Å². The Hall–Kier alpha value is -2.04. The van der Waals surface area contributed by atoms with Crippen molar-refractivity contribution in [3.8, 4) is 5.75 Å². The van der Waals surface area contributed by atoms with Crippen molar-refractivity contribution in [3.05, 3.63) is 29.8 Å². The molecule has 1 aromatic rings. The number of phenolic OH excluding ortho intramolecular Hbond substituents is 1. The summed E-state index contributed by atoms with van der Waals surface area (Å²) >= 11 is 0. The van der Waals surface area contributed by atoms with Crippen LogP contribution < -0.4 is 5.32 Å². The molecule has 18 heavy (non-hydrogen) atoms. The van der Waals surface area contributed by atoms with E-state index < -0.39 is 6.04 Å². The van der Waals surface area contributed by atoms with E-state index in [-0.39, 0.29) is 17.8 Å². The Bertz CT molecular complexity index is 485. The van der Waals surface area contributed by atoms with E-state index in [9.17, 15) is 9.90 Å². The van der Waals surface area contributed by atoms with Crippen LogP contribution in [0.3, 0.4) is 0 Å². The lowest BCUT2D eigenvalue weighted by Gasteiger charge is -2.11. The second-order valence-electron chi connectivity index (χ2n) is 4.11. The molecule has 0 aliphatic carbocycles. The van der Waals surface area contributed by atoms with Crippen LogP contribution in [0.5, 0.6) is 5.75 Å². The molecule has 5 heteroatoms. The highest BCUT2D eigenvalue weighted by atomic mass is 16.5. The van der Waals surface area contributed by atoms with Gasteiger partial charge in [-0.15, -0.1) is 0 Å². The van der Waals surface area contributed by atoms with Crippen LogP contribution in [0.2, 0.25) is 0 Å². The molecule has 0 aromatic heterocycles. The number of carbonyl (C=O) groups excluding carboxylic acids is 1. The molecule has 2 unspecified atom stereocenters. The molecule has 2 atom stereocenters. The van der Waals surface area contributed by atoms with Crippen molar-refractivity contribution >= 4 is 11.8 Å². The van der Waals surface area contributed by atoms with Crippen molar-refractivity contribution in [2.75, 3.05) is 6.54 Å². The Morgan fingerprint density at radius 1 is 1.50 bits per heavy atom. The van der Waals surface area contributed by atoms with Gasteiger partial charge in [0.05, 0.1) is 5.56 Å². The topological polar surface area (TPSA) is 70.9 Å². The zero-order valence-electron chi connectivity index (χ0n) is 10.4. The van der Waals surface area contributed by atoms with Crippen LogP contribution in [-0.4, -0.2) is 35.6 Å². The third kappa shape index (κ3) is 2.30. The Balaban J connectivity index is 2.24. The van der Waals surface area contributed by atoms with E-state index in [1.807, 2.05) is 6.92 Å². The quantitative estimate of drug-likeness (QED) is 0.840. The molecule has 2 rings (SSSR count). The van der Waals surface area contributed by atoms with Crippen LogP contribution in [0, 0.1) is 0 Å². The Labute approximate surface area is 105 Å². The minimum absolute atomic E-state index is 0.0972. The van der Waals surface area contributed by atoms with Crippen LogP contribution in [0.15, 0.2) is 29.3 Å². The molecule has 0 fully saturated rings. The smallest absolute Gasteiger partial charge is 0.248 e. The molecular formula is C13H16N2O3. The number of amides is 1. The van der Waals surface area contributed by atoms with Gasteiger partial charge in [0.15, 0.2) is 6.04 Å². The van der Waals surface area contributed by atoms with Gasteiger partial charge in [-0.1, -0.05) is 12.1 Å². The van der Waals surface area contributed by atoms with Crippen molar-refractivity contribution in [2.45, 2.75) is 26.0 Å². The van der Waals surface area contributed by atoms with Gasteiger partial charge in [-0.3, -0.25) is 4.79 Å². The molecule has 0 radical (unpaired) electrons. The predicted molar refractivity (Wildman–Crippen MR) is 67.7 cm³/mol. The summed E-state index contributed by atoms with van der Waals surface area (Å²) in [4.78, 5) is 16.0. The first-order chi connectivity index (χ1) is 8.63. The highest BCUT2D eigenvalue weighted by Gasteiger charge is 2.34. The maximum absolute atomic E-state index is 11.8. The fraction of sp³-hybridized carbons (Fsp3) is 0.385. The van der Waals surface area contributed by atoms with Gasteiger partial charge in [0.2, 0.25) is 11.8 Å². The number of para-hydroxylation sites is 1. The zero-order valence-corrected chi connectivity index (χ0v) is 10.4. The fourth-order valence-corrected chi connectivity index (χ4v) is 1.84. The molecule has 1 amide bonds. The molecule has 2 N–H and O–H groups in total. The van der Waals surface area contributed by atoms with Crippen LogP contribution in [0.25, 0.3) is 0 Å². The second-order valence-corrected chi connectivity index (χ2v) is 4.11. The number of benzene rings is 1. The van der Waals surface area contributed by atoms with Gasteiger partial charge in [-0.05, 0) is 26.0 Å². The molecule has 5 nitrogen and oxygen atoms in total. The normalized spacial score (nSPS) is 22.2. The summed E-state index contributed by atoms with van der Waals surface area (Å²) in [6.07, 6.45) is -0.328. The largest absolute Gasteiger partial charge is 0.507 e. The maximum Gasteiger partial charge on any atom is 0.248 e. The van der Waals surface area contributed by atoms with E-state index >= 15 is 0 Å². The summed E-state index contributed by atoms with van der Waals surface area (Å²) in [5, 5.41) is 12.4. The molecule has 0 spiro atoms. The number of carbonyl (C=O) groups is 1. The number of phenols is 1. The van der Waals surface area contributed by atoms with Crippen molar-refractivity contribution in [2.24, 2.45) is 4.99 Å². The van der Waals surface area contributed by atoms with Crippen molar-refractivity contribution in [3.63, 3.8) is 0 Å². The number of aromatic hydroxyl groups is 1. The van der Waals surface area contributed by atoms with E-state index in [1.54, 1.807) is 31.2 Å². The first-order valence-electron chi connectivity index (χ1n) is 5.94. The number of nitrogens with zero attached hydrogens (tertiary/aromatic N) is 1. The monoisotopic (exact) mass is 248 g/mol. The number of nitrogens with one attached hydrogen (secondary N) is 1. The molecular weight excluding hydrogens is 232 g/mol. The fourth-order valence-electron chi connectivity index (χ4n) is 1.84. The third-order valence-electron chi connectivity index (χ3n) is 2.75. The highest BCUT2D eigenvalue weighted by molar-refractivity contribution is 6.00. The predicted octanol–water partition coefficient (Wildman–Crippen LogP) is 1.06. The summed E-state index contributed by atoms with van der Waals surface area (Å²) in [7, 11) is 0. The van der Waals surface area contributed by atoms with Gasteiger partial charge < -0.3 is 15.2 Å². The van der Waals surface area contributed by atoms with Gasteiger partial charge >= 0.3 is 0 Å². The molecule has 1 aliphatic heterocycles. The molecule has 0 saturated heterocycles. The van der Waals surface area contributed by atoms with E-state index in [0.29, 0.717) is 18.0 Å². The van der Waals surface area contributed by atoms with Crippen molar-refractivity contribution < 1.29 is 14.6 Å². The first kappa shape index (κ1) is 12.4. The summed E-state index contributed by atoms with van der Waals surface area (Å²) in [6.45, 7) is 4.20. The maximum atomic E-state index is 11.8. The lowest BCUT2D eigenvalue weighted by atomic mass is 10.2. The van der Waals surface area contributed by atoms with Gasteiger partial charge in [0, 0.05) is 6.54 Å². The minimum atomic E-state index is -0.556. The van der Waals surface area contributed by atoms with Crippen LogP contribution in [-0.2, 0) is 9.53 Å². The molecule has 1 aliphatic rings. The van der Waals surface area contributed by atoms with Gasteiger partial charge in [0.1, 0.15) is 11.9 Å². The number of hydrogen-bond donors (Lipinski definition) is 2. The summed E-state index contributed by atoms with van der Waals surface area (Å²) in [5.74, 6) is 0.257. The van der Waals surface area contributed by atoms with E-state index in [1.165, 1.54) is 0 Å². The van der Waals surface area contributed by atoms with Gasteiger partial charge in [-0.2, -0.15) is 0 Å². The molecule has 1 aromatic carbocycles. The Kier molecular flexibility index (Phi) is 3.50. The van der Waals surface area contributed by atoms with E-state index in [4.69, 9.17) is 4.74 Å². The van der Waals surface area contributed by atoms with Gasteiger partial charge in [0.25, 0.3) is 0 Å². The summed E-state index contributed by atoms with van der Waals surface area (Å²) in [6, 6.07) is 6.22. The number of ether oxygens (including phenoxy) is 1. The van der Waals surface area contributed by atoms with Crippen LogP contribution >= 0.6 is 0 Å². The molecule has 0 bridgehead atoms.